The average molecular weight is 327 g/mol. The number of carbonyl (C=O) groups excluding carboxylic acids is 1. The lowest BCUT2D eigenvalue weighted by atomic mass is 10.1. The lowest BCUT2D eigenvalue weighted by Crippen LogP contribution is -2.26. The molecule has 0 bridgehead atoms. The lowest BCUT2D eigenvalue weighted by molar-refractivity contribution is 0.0940. The molecule has 2 aromatic carbocycles. The summed E-state index contributed by atoms with van der Waals surface area (Å²) in [6.45, 7) is 1.94. The van der Waals surface area contributed by atoms with Crippen molar-refractivity contribution in [1.82, 2.24) is 20.1 Å². The van der Waals surface area contributed by atoms with Crippen molar-refractivity contribution in [2.45, 2.75) is 13.0 Å². The molecule has 5 nitrogen and oxygen atoms in total. The van der Waals surface area contributed by atoms with Gasteiger partial charge in [-0.2, -0.15) is 5.10 Å². The van der Waals surface area contributed by atoms with Crippen LogP contribution >= 0.6 is 11.6 Å². The molecule has 0 aliphatic heterocycles. The van der Waals surface area contributed by atoms with E-state index in [0.29, 0.717) is 10.6 Å². The van der Waals surface area contributed by atoms with Gasteiger partial charge in [-0.1, -0.05) is 29.8 Å². The number of nitrogens with zero attached hydrogens (tertiary/aromatic N) is 3. The highest BCUT2D eigenvalue weighted by atomic mass is 35.5. The Morgan fingerprint density at radius 2 is 2.00 bits per heavy atom. The van der Waals surface area contributed by atoms with E-state index in [9.17, 15) is 4.79 Å². The molecule has 0 spiro atoms. The summed E-state index contributed by atoms with van der Waals surface area (Å²) in [7, 11) is 0. The topological polar surface area (TPSA) is 59.8 Å². The fourth-order valence-corrected chi connectivity index (χ4v) is 2.44. The Kier molecular flexibility index (Phi) is 4.39. The van der Waals surface area contributed by atoms with E-state index in [0.717, 1.165) is 11.3 Å². The third-order valence-electron chi connectivity index (χ3n) is 3.51. The van der Waals surface area contributed by atoms with Crippen molar-refractivity contribution >= 4 is 17.5 Å². The number of halogens is 1. The molecule has 1 N–H and O–H groups in total. The van der Waals surface area contributed by atoms with Crippen LogP contribution in [0.2, 0.25) is 5.02 Å². The summed E-state index contributed by atoms with van der Waals surface area (Å²) >= 11 is 5.92. The molecule has 1 heterocycles. The van der Waals surface area contributed by atoms with Crippen LogP contribution in [0.3, 0.4) is 0 Å². The summed E-state index contributed by atoms with van der Waals surface area (Å²) in [5.74, 6) is -0.152. The Bertz CT molecular complexity index is 800. The highest BCUT2D eigenvalue weighted by Gasteiger charge is 2.12. The zero-order valence-corrected chi connectivity index (χ0v) is 13.2. The number of amides is 1. The number of rotatable bonds is 4. The highest BCUT2D eigenvalue weighted by molar-refractivity contribution is 6.30. The number of benzene rings is 2. The molecule has 0 aliphatic carbocycles. The molecule has 23 heavy (non-hydrogen) atoms. The normalized spacial score (nSPS) is 11.9. The third-order valence-corrected chi connectivity index (χ3v) is 3.75. The van der Waals surface area contributed by atoms with Crippen LogP contribution < -0.4 is 5.32 Å². The van der Waals surface area contributed by atoms with Crippen molar-refractivity contribution in [3.05, 3.63) is 77.3 Å². The van der Waals surface area contributed by atoms with Gasteiger partial charge >= 0.3 is 0 Å². The lowest BCUT2D eigenvalue weighted by Gasteiger charge is -2.15. The van der Waals surface area contributed by atoms with Crippen LogP contribution in [0.5, 0.6) is 0 Å². The van der Waals surface area contributed by atoms with Gasteiger partial charge in [0.15, 0.2) is 0 Å². The Morgan fingerprint density at radius 3 is 2.65 bits per heavy atom. The summed E-state index contributed by atoms with van der Waals surface area (Å²) in [4.78, 5) is 16.2. The fourth-order valence-electron chi connectivity index (χ4n) is 2.25. The molecule has 116 valence electrons. The van der Waals surface area contributed by atoms with Crippen molar-refractivity contribution in [2.75, 3.05) is 0 Å². The minimum atomic E-state index is -0.152. The Morgan fingerprint density at radius 1 is 1.22 bits per heavy atom. The molecule has 1 amide bonds. The summed E-state index contributed by atoms with van der Waals surface area (Å²) in [5, 5.41) is 7.59. The van der Waals surface area contributed by atoms with E-state index in [1.54, 1.807) is 35.3 Å². The predicted molar refractivity (Wildman–Crippen MR) is 88.7 cm³/mol. The molecule has 0 fully saturated rings. The Labute approximate surface area is 138 Å². The zero-order valence-electron chi connectivity index (χ0n) is 12.5. The van der Waals surface area contributed by atoms with Crippen LogP contribution in [0, 0.1) is 0 Å². The monoisotopic (exact) mass is 326 g/mol. The summed E-state index contributed by atoms with van der Waals surface area (Å²) in [5.41, 5.74) is 2.47. The molecule has 6 heteroatoms. The molecular weight excluding hydrogens is 312 g/mol. The molecule has 3 aromatic rings. The van der Waals surface area contributed by atoms with Crippen molar-refractivity contribution < 1.29 is 4.79 Å². The van der Waals surface area contributed by atoms with E-state index in [1.165, 1.54) is 6.33 Å². The molecule has 0 saturated carbocycles. The maximum Gasteiger partial charge on any atom is 0.251 e. The highest BCUT2D eigenvalue weighted by Crippen LogP contribution is 2.17. The standard InChI is InChI=1S/C17H15ClN4O/c1-12(21-17(23)14-3-2-4-15(18)9-14)13-5-7-16(8-6-13)22-11-19-10-20-22/h2-12H,1H3,(H,21,23)/t12-/m1/s1. The van der Waals surface area contributed by atoms with Crippen molar-refractivity contribution in [2.24, 2.45) is 0 Å². The van der Waals surface area contributed by atoms with Gasteiger partial charge in [-0.25, -0.2) is 9.67 Å². The minimum absolute atomic E-state index is 0.119. The summed E-state index contributed by atoms with van der Waals surface area (Å²) in [6, 6.07) is 14.6. The zero-order chi connectivity index (χ0) is 16.2. The van der Waals surface area contributed by atoms with Crippen LogP contribution in [0.15, 0.2) is 61.2 Å². The third kappa shape index (κ3) is 3.57. The van der Waals surface area contributed by atoms with E-state index in [-0.39, 0.29) is 11.9 Å². The van der Waals surface area contributed by atoms with Gasteiger partial charge in [-0.15, -0.1) is 0 Å². The summed E-state index contributed by atoms with van der Waals surface area (Å²) < 4.78 is 1.68. The molecule has 0 saturated heterocycles. The number of nitrogens with one attached hydrogen (secondary N) is 1. The maximum absolute atomic E-state index is 12.2. The second kappa shape index (κ2) is 6.62. The van der Waals surface area contributed by atoms with Gasteiger partial charge in [-0.05, 0) is 42.8 Å². The molecule has 0 aliphatic rings. The molecular formula is C17H15ClN4O. The van der Waals surface area contributed by atoms with Crippen molar-refractivity contribution in [3.63, 3.8) is 0 Å². The van der Waals surface area contributed by atoms with E-state index in [2.05, 4.69) is 15.4 Å². The van der Waals surface area contributed by atoms with Crippen molar-refractivity contribution in [3.8, 4) is 5.69 Å². The van der Waals surface area contributed by atoms with E-state index in [1.807, 2.05) is 31.2 Å². The van der Waals surface area contributed by atoms with Gasteiger partial charge < -0.3 is 5.32 Å². The van der Waals surface area contributed by atoms with E-state index >= 15 is 0 Å². The SMILES string of the molecule is C[C@@H](NC(=O)c1cccc(Cl)c1)c1ccc(-n2cncn2)cc1. The first-order chi connectivity index (χ1) is 11.1. The van der Waals surface area contributed by atoms with Crippen LogP contribution in [0.25, 0.3) is 5.69 Å². The molecule has 3 rings (SSSR count). The van der Waals surface area contributed by atoms with Crippen LogP contribution in [-0.2, 0) is 0 Å². The van der Waals surface area contributed by atoms with Gasteiger partial charge in [0.25, 0.3) is 5.91 Å². The first kappa shape index (κ1) is 15.2. The predicted octanol–water partition coefficient (Wildman–Crippen LogP) is 3.41. The number of hydrogen-bond donors (Lipinski definition) is 1. The smallest absolute Gasteiger partial charge is 0.251 e. The Hall–Kier alpha value is -2.66. The average Bonchev–Trinajstić information content (AvgIpc) is 3.09. The van der Waals surface area contributed by atoms with Gasteiger partial charge in [-0.3, -0.25) is 4.79 Å². The van der Waals surface area contributed by atoms with Gasteiger partial charge in [0.1, 0.15) is 12.7 Å². The molecule has 0 radical (unpaired) electrons. The van der Waals surface area contributed by atoms with Gasteiger partial charge in [0, 0.05) is 10.6 Å². The van der Waals surface area contributed by atoms with Crippen LogP contribution in [0.4, 0.5) is 0 Å². The largest absolute Gasteiger partial charge is 0.346 e. The number of hydrogen-bond acceptors (Lipinski definition) is 3. The fraction of sp³-hybridized carbons (Fsp3) is 0.118. The number of carbonyl (C=O) groups is 1. The van der Waals surface area contributed by atoms with Gasteiger partial charge in [0.05, 0.1) is 11.7 Å². The van der Waals surface area contributed by atoms with Crippen LogP contribution in [-0.4, -0.2) is 20.7 Å². The molecule has 1 atom stereocenters. The molecule has 0 unspecified atom stereocenters. The van der Waals surface area contributed by atoms with Crippen molar-refractivity contribution in [1.29, 1.82) is 0 Å². The quantitative estimate of drug-likeness (QED) is 0.799. The van der Waals surface area contributed by atoms with Gasteiger partial charge in [0.2, 0.25) is 0 Å². The maximum atomic E-state index is 12.2. The van der Waals surface area contributed by atoms with E-state index < -0.39 is 0 Å². The number of aromatic nitrogens is 3. The summed E-state index contributed by atoms with van der Waals surface area (Å²) in [6.07, 6.45) is 3.13. The first-order valence-corrected chi connectivity index (χ1v) is 7.52. The second-order valence-electron chi connectivity index (χ2n) is 5.14. The van der Waals surface area contributed by atoms with E-state index in [4.69, 9.17) is 11.6 Å². The second-order valence-corrected chi connectivity index (χ2v) is 5.57. The molecule has 1 aromatic heterocycles. The first-order valence-electron chi connectivity index (χ1n) is 7.15. The Balaban J connectivity index is 1.70. The van der Waals surface area contributed by atoms with Crippen LogP contribution in [0.1, 0.15) is 28.9 Å². The minimum Gasteiger partial charge on any atom is -0.346 e.